The van der Waals surface area contributed by atoms with Crippen molar-refractivity contribution in [2.75, 3.05) is 11.4 Å². The second-order valence-corrected chi connectivity index (χ2v) is 7.49. The van der Waals surface area contributed by atoms with Gasteiger partial charge in [-0.2, -0.15) is 0 Å². The summed E-state index contributed by atoms with van der Waals surface area (Å²) in [5, 5.41) is 4.05. The normalized spacial score (nSPS) is 13.0. The number of anilines is 1. The number of hydrogen-bond donors (Lipinski definition) is 0. The molecule has 0 atom stereocenters. The third-order valence-corrected chi connectivity index (χ3v) is 5.53. The highest BCUT2D eigenvalue weighted by Crippen LogP contribution is 2.28. The first-order chi connectivity index (χ1) is 14.6. The minimum atomic E-state index is -0.333. The molecule has 0 unspecified atom stereocenters. The van der Waals surface area contributed by atoms with Crippen molar-refractivity contribution in [2.45, 2.75) is 26.3 Å². The molecule has 1 amide bonds. The number of carbonyl (C=O) groups is 1. The minimum absolute atomic E-state index is 0.00939. The van der Waals surface area contributed by atoms with Crippen LogP contribution >= 0.6 is 0 Å². The van der Waals surface area contributed by atoms with E-state index in [0.717, 1.165) is 23.2 Å². The van der Waals surface area contributed by atoms with Crippen LogP contribution in [0.25, 0.3) is 22.4 Å². The summed E-state index contributed by atoms with van der Waals surface area (Å²) in [5.41, 5.74) is 4.85. The van der Waals surface area contributed by atoms with Crippen molar-refractivity contribution < 1.29 is 9.32 Å². The van der Waals surface area contributed by atoms with Crippen LogP contribution in [0.2, 0.25) is 0 Å². The summed E-state index contributed by atoms with van der Waals surface area (Å²) in [7, 11) is 0. The van der Waals surface area contributed by atoms with Gasteiger partial charge in [0.2, 0.25) is 5.91 Å². The Morgan fingerprint density at radius 2 is 1.93 bits per heavy atom. The van der Waals surface area contributed by atoms with Gasteiger partial charge in [0.15, 0.2) is 0 Å². The molecule has 0 saturated carbocycles. The quantitative estimate of drug-likeness (QED) is 0.525. The van der Waals surface area contributed by atoms with Gasteiger partial charge in [-0.1, -0.05) is 53.2 Å². The van der Waals surface area contributed by atoms with Crippen molar-refractivity contribution >= 4 is 22.7 Å². The second-order valence-electron chi connectivity index (χ2n) is 7.49. The van der Waals surface area contributed by atoms with Gasteiger partial charge in [-0.25, -0.2) is 4.98 Å². The van der Waals surface area contributed by atoms with E-state index in [1.54, 1.807) is 4.90 Å². The molecule has 0 fully saturated rings. The van der Waals surface area contributed by atoms with Gasteiger partial charge in [0.05, 0.1) is 6.33 Å². The zero-order chi connectivity index (χ0) is 20.7. The van der Waals surface area contributed by atoms with Crippen LogP contribution < -0.4 is 10.5 Å². The Kier molecular flexibility index (Phi) is 4.43. The molecule has 0 saturated heterocycles. The third-order valence-electron chi connectivity index (χ3n) is 5.53. The molecule has 4 aromatic rings. The number of hydrogen-bond acceptors (Lipinski definition) is 5. The van der Waals surface area contributed by atoms with Crippen LogP contribution in [-0.4, -0.2) is 27.2 Å². The van der Waals surface area contributed by atoms with Crippen molar-refractivity contribution in [1.29, 1.82) is 0 Å². The molecule has 1 aliphatic heterocycles. The van der Waals surface area contributed by atoms with Gasteiger partial charge in [-0.3, -0.25) is 14.2 Å². The molecule has 1 aliphatic rings. The zero-order valence-corrected chi connectivity index (χ0v) is 16.5. The lowest BCUT2D eigenvalue weighted by Crippen LogP contribution is -2.31. The number of rotatable bonds is 4. The molecule has 150 valence electrons. The van der Waals surface area contributed by atoms with Gasteiger partial charge >= 0.3 is 0 Å². The fraction of sp³-hybridized carbons (Fsp3) is 0.217. The molecular weight excluding hydrogens is 380 g/mol. The molecule has 2 aromatic heterocycles. The van der Waals surface area contributed by atoms with Crippen molar-refractivity contribution in [3.8, 4) is 11.3 Å². The number of aromatic nitrogens is 3. The minimum Gasteiger partial charge on any atom is -0.348 e. The van der Waals surface area contributed by atoms with Gasteiger partial charge in [0, 0.05) is 30.8 Å². The van der Waals surface area contributed by atoms with E-state index >= 15 is 0 Å². The van der Waals surface area contributed by atoms with E-state index in [0.29, 0.717) is 17.8 Å². The molecule has 3 heterocycles. The topological polar surface area (TPSA) is 81.2 Å². The molecule has 0 bridgehead atoms. The van der Waals surface area contributed by atoms with Gasteiger partial charge in [0.1, 0.15) is 11.2 Å². The largest absolute Gasteiger partial charge is 0.348 e. The maximum absolute atomic E-state index is 12.8. The first kappa shape index (κ1) is 18.3. The number of para-hydroxylation sites is 1. The average molecular weight is 400 g/mol. The molecule has 2 aromatic carbocycles. The summed E-state index contributed by atoms with van der Waals surface area (Å²) >= 11 is 0. The van der Waals surface area contributed by atoms with Crippen LogP contribution in [0.4, 0.5) is 5.69 Å². The van der Waals surface area contributed by atoms with Crippen LogP contribution in [0, 0.1) is 6.92 Å². The summed E-state index contributed by atoms with van der Waals surface area (Å²) < 4.78 is 6.73. The maximum Gasteiger partial charge on any atom is 0.299 e. The number of aryl methyl sites for hydroxylation is 2. The molecule has 5 rings (SSSR count). The maximum atomic E-state index is 12.8. The Morgan fingerprint density at radius 3 is 2.77 bits per heavy atom. The second kappa shape index (κ2) is 7.26. The molecule has 0 spiro atoms. The summed E-state index contributed by atoms with van der Waals surface area (Å²) in [6.07, 6.45) is 2.53. The van der Waals surface area contributed by atoms with Crippen molar-refractivity contribution in [2.24, 2.45) is 0 Å². The first-order valence-corrected chi connectivity index (χ1v) is 9.92. The Hall–Kier alpha value is -3.74. The number of nitrogens with zero attached hydrogens (tertiary/aromatic N) is 4. The molecule has 0 aliphatic carbocycles. The average Bonchev–Trinajstić information content (AvgIpc) is 3.38. The van der Waals surface area contributed by atoms with Gasteiger partial charge < -0.3 is 9.42 Å². The third kappa shape index (κ3) is 3.08. The van der Waals surface area contributed by atoms with E-state index in [4.69, 9.17) is 4.52 Å². The van der Waals surface area contributed by atoms with Crippen LogP contribution in [0.5, 0.6) is 0 Å². The summed E-state index contributed by atoms with van der Waals surface area (Å²) in [5.74, 6) is -0.00939. The predicted octanol–water partition coefficient (Wildman–Crippen LogP) is 3.34. The van der Waals surface area contributed by atoms with E-state index in [1.165, 1.54) is 16.5 Å². The lowest BCUT2D eigenvalue weighted by molar-refractivity contribution is -0.118. The van der Waals surface area contributed by atoms with E-state index < -0.39 is 0 Å². The Bertz CT molecular complexity index is 1300. The highest BCUT2D eigenvalue weighted by molar-refractivity contribution is 5.95. The standard InChI is InChI=1S/C23H20N4O3/c1-15-6-8-17(9-7-15)20-21-22(30-25-20)23(29)26(14-24-21)12-11-19(28)27-13-10-16-4-2-3-5-18(16)27/h2-9,14H,10-13H2,1H3. The summed E-state index contributed by atoms with van der Waals surface area (Å²) in [4.78, 5) is 31.7. The fourth-order valence-electron chi connectivity index (χ4n) is 3.86. The van der Waals surface area contributed by atoms with E-state index in [2.05, 4.69) is 10.1 Å². The monoisotopic (exact) mass is 400 g/mol. The van der Waals surface area contributed by atoms with Crippen LogP contribution in [0.15, 0.2) is 64.2 Å². The van der Waals surface area contributed by atoms with Crippen molar-refractivity contribution in [3.05, 3.63) is 76.3 Å². The predicted molar refractivity (Wildman–Crippen MR) is 113 cm³/mol. The van der Waals surface area contributed by atoms with Crippen LogP contribution in [-0.2, 0) is 17.8 Å². The number of fused-ring (bicyclic) bond motifs is 2. The Balaban J connectivity index is 1.37. The van der Waals surface area contributed by atoms with Gasteiger partial charge in [-0.15, -0.1) is 0 Å². The van der Waals surface area contributed by atoms with Crippen LogP contribution in [0.1, 0.15) is 17.5 Å². The lowest BCUT2D eigenvalue weighted by Gasteiger charge is -2.17. The molecule has 7 nitrogen and oxygen atoms in total. The molecule has 0 radical (unpaired) electrons. The summed E-state index contributed by atoms with van der Waals surface area (Å²) in [6, 6.07) is 15.7. The zero-order valence-electron chi connectivity index (χ0n) is 16.5. The smallest absolute Gasteiger partial charge is 0.299 e. The molecule has 30 heavy (non-hydrogen) atoms. The van der Waals surface area contributed by atoms with Crippen LogP contribution in [0.3, 0.4) is 0 Å². The first-order valence-electron chi connectivity index (χ1n) is 9.92. The van der Waals surface area contributed by atoms with Crippen molar-refractivity contribution in [1.82, 2.24) is 14.7 Å². The van der Waals surface area contributed by atoms with Crippen molar-refractivity contribution in [3.63, 3.8) is 0 Å². The van der Waals surface area contributed by atoms with Gasteiger partial charge in [-0.05, 0) is 25.0 Å². The molecular formula is C23H20N4O3. The molecule has 0 N–H and O–H groups in total. The fourth-order valence-corrected chi connectivity index (χ4v) is 3.86. The van der Waals surface area contributed by atoms with E-state index in [1.807, 2.05) is 55.5 Å². The summed E-state index contributed by atoms with van der Waals surface area (Å²) in [6.45, 7) is 2.91. The SMILES string of the molecule is Cc1ccc(-c2noc3c(=O)n(CCC(=O)N4CCc5ccccc54)cnc23)cc1. The highest BCUT2D eigenvalue weighted by Gasteiger charge is 2.24. The van der Waals surface area contributed by atoms with E-state index in [-0.39, 0.29) is 30.0 Å². The van der Waals surface area contributed by atoms with Gasteiger partial charge in [0.25, 0.3) is 11.1 Å². The lowest BCUT2D eigenvalue weighted by atomic mass is 10.1. The highest BCUT2D eigenvalue weighted by atomic mass is 16.5. The Labute approximate surface area is 172 Å². The van der Waals surface area contributed by atoms with E-state index in [9.17, 15) is 9.59 Å². The molecule has 7 heteroatoms. The Morgan fingerprint density at radius 1 is 1.13 bits per heavy atom. The number of carbonyl (C=O) groups excluding carboxylic acids is 1. The number of amides is 1. The number of benzene rings is 2.